The molecule has 0 aromatic rings. The summed E-state index contributed by atoms with van der Waals surface area (Å²) >= 11 is 4.22. The zero-order valence-corrected chi connectivity index (χ0v) is 28.6. The first-order valence-corrected chi connectivity index (χ1v) is 17.0. The van der Waals surface area contributed by atoms with Crippen LogP contribution in [0.15, 0.2) is 0 Å². The van der Waals surface area contributed by atoms with Crippen LogP contribution in [0.4, 0.5) is 0 Å². The maximum absolute atomic E-state index is 11.3. The van der Waals surface area contributed by atoms with E-state index in [1.807, 2.05) is 6.92 Å². The summed E-state index contributed by atoms with van der Waals surface area (Å²) < 4.78 is 46.7. The summed E-state index contributed by atoms with van der Waals surface area (Å²) in [4.78, 5) is 0. The van der Waals surface area contributed by atoms with Gasteiger partial charge in [-0.15, -0.1) is 0 Å². The third kappa shape index (κ3) is 9.74. The normalized spacial score (nSPS) is 42.1. The van der Waals surface area contributed by atoms with Gasteiger partial charge in [-0.1, -0.05) is 13.3 Å². The Balaban J connectivity index is 1.92. The lowest BCUT2D eigenvalue weighted by Gasteiger charge is -2.47. The van der Waals surface area contributed by atoms with Crippen molar-refractivity contribution in [1.29, 1.82) is 0 Å². The summed E-state index contributed by atoms with van der Waals surface area (Å²) in [7, 11) is 0. The lowest BCUT2D eigenvalue weighted by molar-refractivity contribution is -0.383. The van der Waals surface area contributed by atoms with Gasteiger partial charge in [0.05, 0.1) is 24.9 Å². The molecule has 0 bridgehead atoms. The number of aliphatic hydroxyl groups is 8. The second kappa shape index (κ2) is 18.3. The maximum atomic E-state index is 11.3. The summed E-state index contributed by atoms with van der Waals surface area (Å²) in [5, 5.41) is 86.0. The van der Waals surface area contributed by atoms with Crippen molar-refractivity contribution in [2.75, 3.05) is 32.2 Å². The van der Waals surface area contributed by atoms with E-state index in [4.69, 9.17) is 37.9 Å². The number of aliphatic hydroxyl groups excluding tert-OH is 7. The zero-order chi connectivity index (χ0) is 35.1. The van der Waals surface area contributed by atoms with Gasteiger partial charge in [0.25, 0.3) is 0 Å². The van der Waals surface area contributed by atoms with Crippen molar-refractivity contribution in [1.82, 2.24) is 0 Å². The smallest absolute Gasteiger partial charge is 0.311 e. The molecule has 9 unspecified atom stereocenters. The lowest BCUT2D eigenvalue weighted by atomic mass is 9.94. The molecule has 3 saturated heterocycles. The van der Waals surface area contributed by atoms with E-state index in [1.54, 1.807) is 27.7 Å². The fraction of sp³-hybridized carbons (Fsp3) is 1.00. The first kappa shape index (κ1) is 41.1. The predicted octanol–water partition coefficient (Wildman–Crippen LogP) is -1.84. The van der Waals surface area contributed by atoms with E-state index >= 15 is 0 Å². The van der Waals surface area contributed by atoms with Crippen LogP contribution in [-0.2, 0) is 37.9 Å². The fourth-order valence-electron chi connectivity index (χ4n) is 5.82. The molecule has 0 saturated carbocycles. The van der Waals surface area contributed by atoms with Crippen molar-refractivity contribution >= 4 is 12.6 Å². The van der Waals surface area contributed by atoms with E-state index in [0.717, 1.165) is 18.6 Å². The molecular formula is C30H56O16S. The number of hydrogen-bond acceptors (Lipinski definition) is 17. The first-order chi connectivity index (χ1) is 22.2. The molecule has 0 spiro atoms. The van der Waals surface area contributed by atoms with Crippen LogP contribution in [0.25, 0.3) is 0 Å². The van der Waals surface area contributed by atoms with Crippen LogP contribution >= 0.6 is 12.6 Å². The average Bonchev–Trinajstić information content (AvgIpc) is 3.29. The maximum Gasteiger partial charge on any atom is 0.311 e. The summed E-state index contributed by atoms with van der Waals surface area (Å²) in [5.74, 6) is -1.79. The molecule has 0 amide bonds. The third-order valence-electron chi connectivity index (χ3n) is 8.79. The van der Waals surface area contributed by atoms with Gasteiger partial charge in [0.1, 0.15) is 61.0 Å². The van der Waals surface area contributed by atoms with Crippen molar-refractivity contribution in [2.45, 2.75) is 158 Å². The van der Waals surface area contributed by atoms with Gasteiger partial charge < -0.3 is 78.7 Å². The lowest BCUT2D eigenvalue weighted by Crippen LogP contribution is -2.66. The highest BCUT2D eigenvalue weighted by Crippen LogP contribution is 2.41. The predicted molar refractivity (Wildman–Crippen MR) is 165 cm³/mol. The van der Waals surface area contributed by atoms with E-state index in [0.29, 0.717) is 19.4 Å². The molecule has 3 heterocycles. The minimum atomic E-state index is -2.52. The van der Waals surface area contributed by atoms with Gasteiger partial charge in [-0.05, 0) is 52.7 Å². The summed E-state index contributed by atoms with van der Waals surface area (Å²) in [5.41, 5.74) is -1.19. The fourth-order valence-corrected chi connectivity index (χ4v) is 6.04. The van der Waals surface area contributed by atoms with Crippen molar-refractivity contribution in [3.8, 4) is 0 Å². The van der Waals surface area contributed by atoms with Crippen LogP contribution in [0.5, 0.6) is 0 Å². The number of unbranched alkanes of at least 4 members (excludes halogenated alkanes) is 2. The van der Waals surface area contributed by atoms with Gasteiger partial charge in [0.15, 0.2) is 18.7 Å². The second-order valence-corrected chi connectivity index (χ2v) is 13.2. The number of ether oxygens (including phenoxy) is 8. The van der Waals surface area contributed by atoms with E-state index in [2.05, 4.69) is 12.6 Å². The minimum absolute atomic E-state index is 0.0458. The molecule has 15 atom stereocenters. The molecule has 16 nitrogen and oxygen atoms in total. The quantitative estimate of drug-likeness (QED) is 0.0433. The van der Waals surface area contributed by atoms with Gasteiger partial charge in [-0.2, -0.15) is 12.6 Å². The molecule has 17 heteroatoms. The third-order valence-corrected chi connectivity index (χ3v) is 9.10. The standard InChI is InChI=1S/C30H56O16S/c1-6-15(3)41-22-19(34)17(14-32)42-27(21(22)36)44-23-20(35)18(33)16(13-31)43-28(23)45-24-25(37)30(38,39-7-2)46-26(24)29(4,5)40-11-9-8-10-12-47/h15-28,31-38,47H,6-14H2,1-5H3/t15?,16?,17?,18-,19-,20?,21?,22?,23?,24?,25?,26+,27+,28-,30-/m1/s1. The van der Waals surface area contributed by atoms with Gasteiger partial charge in [0, 0.05) is 13.2 Å². The number of thiol groups is 1. The van der Waals surface area contributed by atoms with Gasteiger partial charge >= 0.3 is 5.97 Å². The van der Waals surface area contributed by atoms with E-state index in [1.165, 1.54) is 0 Å². The van der Waals surface area contributed by atoms with E-state index in [-0.39, 0.29) is 6.61 Å². The van der Waals surface area contributed by atoms with Crippen LogP contribution in [0.1, 0.15) is 60.3 Å². The Hall–Kier alpha value is -0.290. The van der Waals surface area contributed by atoms with Crippen molar-refractivity contribution < 1.29 is 78.7 Å². The molecule has 47 heavy (non-hydrogen) atoms. The Bertz CT molecular complexity index is 919. The average molecular weight is 705 g/mol. The van der Waals surface area contributed by atoms with Crippen LogP contribution in [0.3, 0.4) is 0 Å². The topological polar surface area (TPSA) is 236 Å². The van der Waals surface area contributed by atoms with E-state index in [9.17, 15) is 40.9 Å². The Morgan fingerprint density at radius 2 is 1.43 bits per heavy atom. The van der Waals surface area contributed by atoms with Gasteiger partial charge in [-0.25, -0.2) is 0 Å². The highest BCUT2D eigenvalue weighted by Gasteiger charge is 2.62. The van der Waals surface area contributed by atoms with Crippen molar-refractivity contribution in [2.24, 2.45) is 0 Å². The van der Waals surface area contributed by atoms with Gasteiger partial charge in [0.2, 0.25) is 0 Å². The summed E-state index contributed by atoms with van der Waals surface area (Å²) in [6.07, 6.45) is -17.4. The van der Waals surface area contributed by atoms with Crippen molar-refractivity contribution in [3.05, 3.63) is 0 Å². The first-order valence-electron chi connectivity index (χ1n) is 16.4. The molecule has 3 aliphatic heterocycles. The van der Waals surface area contributed by atoms with E-state index < -0.39 is 111 Å². The highest BCUT2D eigenvalue weighted by atomic mass is 32.1. The SMILES string of the molecule is CCO[C@@]1(O)O[C@H](C(C)(C)OCCCCCS)C(O[C@H]2OC(CO)[C@@H](O)C(O)C2O[C@@H]2OC(CO)[C@@H](O)C(OC(C)CC)C2O)C1O. The molecule has 0 aromatic carbocycles. The molecule has 3 rings (SSSR count). The second-order valence-electron chi connectivity index (χ2n) is 12.7. The molecule has 278 valence electrons. The minimum Gasteiger partial charge on any atom is -0.394 e. The molecule has 3 aliphatic rings. The number of hydrogen-bond donors (Lipinski definition) is 9. The van der Waals surface area contributed by atoms with Crippen LogP contribution in [0.2, 0.25) is 0 Å². The van der Waals surface area contributed by atoms with Gasteiger partial charge in [-0.3, -0.25) is 0 Å². The van der Waals surface area contributed by atoms with Crippen LogP contribution in [0, 0.1) is 0 Å². The monoisotopic (exact) mass is 704 g/mol. The Labute approximate surface area is 281 Å². The molecule has 0 aromatic heterocycles. The largest absolute Gasteiger partial charge is 0.394 e. The zero-order valence-electron chi connectivity index (χ0n) is 27.7. The van der Waals surface area contributed by atoms with Crippen LogP contribution < -0.4 is 0 Å². The summed E-state index contributed by atoms with van der Waals surface area (Å²) in [6, 6.07) is 0. The van der Waals surface area contributed by atoms with Crippen LogP contribution in [-0.4, -0.2) is 170 Å². The highest BCUT2D eigenvalue weighted by molar-refractivity contribution is 7.80. The summed E-state index contributed by atoms with van der Waals surface area (Å²) in [6.45, 7) is 7.36. The molecular weight excluding hydrogens is 648 g/mol. The molecule has 0 radical (unpaired) electrons. The Morgan fingerprint density at radius 3 is 2.02 bits per heavy atom. The molecule has 8 N–H and O–H groups in total. The molecule has 3 fully saturated rings. The number of rotatable bonds is 18. The molecule has 0 aliphatic carbocycles. The Kier molecular flexibility index (Phi) is 16.0. The van der Waals surface area contributed by atoms with Crippen molar-refractivity contribution in [3.63, 3.8) is 0 Å². The Morgan fingerprint density at radius 1 is 0.809 bits per heavy atom.